The summed E-state index contributed by atoms with van der Waals surface area (Å²) in [7, 11) is 0. The third kappa shape index (κ3) is 4.47. The normalized spacial score (nSPS) is 13.3. The lowest BCUT2D eigenvalue weighted by atomic mass is 10.1. The molecule has 1 fully saturated rings. The number of nitrogens with one attached hydrogen (secondary N) is 3. The van der Waals surface area contributed by atoms with E-state index < -0.39 is 0 Å². The highest BCUT2D eigenvalue weighted by molar-refractivity contribution is 6.05. The SMILES string of the molecule is CC.Nc1ccccc1NC(=O)c1ccc(NC2CNC2)cc1. The Bertz CT molecular complexity index is 636. The number of carbonyl (C=O) groups is 1. The van der Waals surface area contributed by atoms with E-state index in [9.17, 15) is 4.79 Å². The second-order valence-corrected chi connectivity index (χ2v) is 5.12. The highest BCUT2D eigenvalue weighted by Crippen LogP contribution is 2.18. The lowest BCUT2D eigenvalue weighted by Gasteiger charge is -2.29. The zero-order chi connectivity index (χ0) is 16.7. The minimum absolute atomic E-state index is 0.162. The zero-order valence-corrected chi connectivity index (χ0v) is 13.6. The van der Waals surface area contributed by atoms with Gasteiger partial charge in [0.25, 0.3) is 5.91 Å². The van der Waals surface area contributed by atoms with Crippen LogP contribution in [0.15, 0.2) is 48.5 Å². The van der Waals surface area contributed by atoms with Crippen LogP contribution in [0.4, 0.5) is 17.1 Å². The number of rotatable bonds is 4. The third-order valence-electron chi connectivity index (χ3n) is 3.51. The van der Waals surface area contributed by atoms with Crippen molar-refractivity contribution in [2.45, 2.75) is 19.9 Å². The molecule has 1 amide bonds. The molecule has 1 aliphatic heterocycles. The van der Waals surface area contributed by atoms with Gasteiger partial charge in [0.15, 0.2) is 0 Å². The maximum atomic E-state index is 12.2. The van der Waals surface area contributed by atoms with Gasteiger partial charge >= 0.3 is 0 Å². The van der Waals surface area contributed by atoms with Gasteiger partial charge in [0, 0.05) is 24.3 Å². The van der Waals surface area contributed by atoms with E-state index in [0.29, 0.717) is 23.0 Å². The summed E-state index contributed by atoms with van der Waals surface area (Å²) in [5.41, 5.74) is 8.64. The Balaban J connectivity index is 0.000000924. The highest BCUT2D eigenvalue weighted by atomic mass is 16.1. The topological polar surface area (TPSA) is 79.2 Å². The fourth-order valence-corrected chi connectivity index (χ4v) is 2.15. The number of nitrogens with two attached hydrogens (primary N) is 1. The first-order valence-electron chi connectivity index (χ1n) is 7.95. The Kier molecular flexibility index (Phi) is 6.00. The van der Waals surface area contributed by atoms with Crippen LogP contribution in [0.3, 0.4) is 0 Å². The molecule has 5 heteroatoms. The molecule has 2 aromatic carbocycles. The first kappa shape index (κ1) is 16.8. The summed E-state index contributed by atoms with van der Waals surface area (Å²) in [6, 6.07) is 15.2. The summed E-state index contributed by atoms with van der Waals surface area (Å²) >= 11 is 0. The maximum absolute atomic E-state index is 12.2. The van der Waals surface area contributed by atoms with Gasteiger partial charge in [-0.1, -0.05) is 26.0 Å². The van der Waals surface area contributed by atoms with Crippen molar-refractivity contribution in [1.29, 1.82) is 0 Å². The first-order valence-corrected chi connectivity index (χ1v) is 7.95. The van der Waals surface area contributed by atoms with Crippen LogP contribution in [0.25, 0.3) is 0 Å². The van der Waals surface area contributed by atoms with Crippen molar-refractivity contribution in [3.05, 3.63) is 54.1 Å². The van der Waals surface area contributed by atoms with E-state index in [4.69, 9.17) is 5.73 Å². The van der Waals surface area contributed by atoms with Gasteiger partial charge in [0.2, 0.25) is 0 Å². The average molecular weight is 312 g/mol. The number of anilines is 3. The smallest absolute Gasteiger partial charge is 0.255 e. The number of para-hydroxylation sites is 2. The van der Waals surface area contributed by atoms with Crippen molar-refractivity contribution >= 4 is 23.0 Å². The molecule has 5 nitrogen and oxygen atoms in total. The number of carbonyl (C=O) groups excluding carboxylic acids is 1. The van der Waals surface area contributed by atoms with E-state index in [-0.39, 0.29) is 5.91 Å². The summed E-state index contributed by atoms with van der Waals surface area (Å²) in [5.74, 6) is -0.162. The van der Waals surface area contributed by atoms with Gasteiger partial charge in [0.1, 0.15) is 0 Å². The molecule has 5 N–H and O–H groups in total. The molecule has 1 aliphatic rings. The molecule has 0 aliphatic carbocycles. The summed E-state index contributed by atoms with van der Waals surface area (Å²) in [6.07, 6.45) is 0. The van der Waals surface area contributed by atoms with Gasteiger partial charge in [-0.25, -0.2) is 0 Å². The Morgan fingerprint density at radius 2 is 1.74 bits per heavy atom. The Hall–Kier alpha value is -2.53. The average Bonchev–Trinajstić information content (AvgIpc) is 2.55. The minimum atomic E-state index is -0.162. The van der Waals surface area contributed by atoms with Crippen molar-refractivity contribution in [2.75, 3.05) is 29.5 Å². The molecule has 0 bridgehead atoms. The van der Waals surface area contributed by atoms with Crippen LogP contribution in [0, 0.1) is 0 Å². The second-order valence-electron chi connectivity index (χ2n) is 5.12. The number of hydrogen-bond donors (Lipinski definition) is 4. The van der Waals surface area contributed by atoms with E-state index in [1.165, 1.54) is 0 Å². The molecule has 2 aromatic rings. The van der Waals surface area contributed by atoms with E-state index in [2.05, 4.69) is 16.0 Å². The number of benzene rings is 2. The van der Waals surface area contributed by atoms with Crippen molar-refractivity contribution in [3.8, 4) is 0 Å². The number of amides is 1. The van der Waals surface area contributed by atoms with E-state index in [0.717, 1.165) is 18.8 Å². The summed E-state index contributed by atoms with van der Waals surface area (Å²) in [6.45, 7) is 5.96. The number of nitrogen functional groups attached to an aromatic ring is 1. The fraction of sp³-hybridized carbons (Fsp3) is 0.278. The highest BCUT2D eigenvalue weighted by Gasteiger charge is 2.16. The zero-order valence-electron chi connectivity index (χ0n) is 13.6. The van der Waals surface area contributed by atoms with Crippen LogP contribution in [0.5, 0.6) is 0 Å². The fourth-order valence-electron chi connectivity index (χ4n) is 2.15. The molecule has 23 heavy (non-hydrogen) atoms. The van der Waals surface area contributed by atoms with Crippen molar-refractivity contribution in [2.24, 2.45) is 0 Å². The predicted octanol–water partition coefficient (Wildman–Crippen LogP) is 2.93. The third-order valence-corrected chi connectivity index (χ3v) is 3.51. The van der Waals surface area contributed by atoms with Crippen molar-refractivity contribution < 1.29 is 4.79 Å². The van der Waals surface area contributed by atoms with Crippen LogP contribution in [0.2, 0.25) is 0 Å². The molecule has 0 unspecified atom stereocenters. The molecule has 0 aromatic heterocycles. The van der Waals surface area contributed by atoms with Crippen LogP contribution in [-0.2, 0) is 0 Å². The van der Waals surface area contributed by atoms with E-state index in [1.54, 1.807) is 12.1 Å². The van der Waals surface area contributed by atoms with E-state index in [1.807, 2.05) is 50.2 Å². The molecule has 0 radical (unpaired) electrons. The molecular weight excluding hydrogens is 288 g/mol. The summed E-state index contributed by atoms with van der Waals surface area (Å²) in [5, 5.41) is 9.41. The molecule has 0 saturated carbocycles. The quantitative estimate of drug-likeness (QED) is 0.655. The Morgan fingerprint density at radius 3 is 2.30 bits per heavy atom. The standard InChI is InChI=1S/C16H18N4O.C2H6/c17-14-3-1-2-4-15(14)20-16(21)11-5-7-12(8-6-11)19-13-9-18-10-13;1-2/h1-8,13,18-19H,9-10,17H2,(H,20,21);1-2H3. The van der Waals surface area contributed by atoms with Crippen LogP contribution in [0.1, 0.15) is 24.2 Å². The maximum Gasteiger partial charge on any atom is 0.255 e. The number of hydrogen-bond acceptors (Lipinski definition) is 4. The van der Waals surface area contributed by atoms with Crippen molar-refractivity contribution in [3.63, 3.8) is 0 Å². The lowest BCUT2D eigenvalue weighted by Crippen LogP contribution is -2.51. The van der Waals surface area contributed by atoms with Gasteiger partial charge in [-0.3, -0.25) is 4.79 Å². The Morgan fingerprint density at radius 1 is 1.09 bits per heavy atom. The summed E-state index contributed by atoms with van der Waals surface area (Å²) in [4.78, 5) is 12.2. The monoisotopic (exact) mass is 312 g/mol. The lowest BCUT2D eigenvalue weighted by molar-refractivity contribution is 0.102. The molecule has 0 atom stereocenters. The predicted molar refractivity (Wildman–Crippen MR) is 96.9 cm³/mol. The van der Waals surface area contributed by atoms with E-state index >= 15 is 0 Å². The molecule has 1 heterocycles. The van der Waals surface area contributed by atoms with Gasteiger partial charge < -0.3 is 21.7 Å². The van der Waals surface area contributed by atoms with Gasteiger partial charge in [-0.15, -0.1) is 0 Å². The Labute approximate surface area is 137 Å². The second kappa shape index (κ2) is 8.19. The van der Waals surface area contributed by atoms with Gasteiger partial charge in [0.05, 0.1) is 17.4 Å². The molecular formula is C18H24N4O. The largest absolute Gasteiger partial charge is 0.397 e. The molecule has 3 rings (SSSR count). The summed E-state index contributed by atoms with van der Waals surface area (Å²) < 4.78 is 0. The van der Waals surface area contributed by atoms with Crippen LogP contribution >= 0.6 is 0 Å². The van der Waals surface area contributed by atoms with Crippen LogP contribution < -0.4 is 21.7 Å². The minimum Gasteiger partial charge on any atom is -0.397 e. The van der Waals surface area contributed by atoms with Gasteiger partial charge in [-0.2, -0.15) is 0 Å². The molecule has 122 valence electrons. The van der Waals surface area contributed by atoms with Crippen molar-refractivity contribution in [1.82, 2.24) is 5.32 Å². The molecule has 0 spiro atoms. The molecule has 1 saturated heterocycles. The van der Waals surface area contributed by atoms with Gasteiger partial charge in [-0.05, 0) is 36.4 Å². The van der Waals surface area contributed by atoms with Crippen LogP contribution in [-0.4, -0.2) is 25.0 Å². The first-order chi connectivity index (χ1) is 11.2.